The lowest BCUT2D eigenvalue weighted by Gasteiger charge is -2.14. The molecule has 0 aromatic carbocycles. The Labute approximate surface area is 112 Å². The summed E-state index contributed by atoms with van der Waals surface area (Å²) >= 11 is 0. The van der Waals surface area contributed by atoms with Gasteiger partial charge in [0.25, 0.3) is 0 Å². The fraction of sp³-hybridized carbons (Fsp3) is 0.467. The van der Waals surface area contributed by atoms with Crippen molar-refractivity contribution in [3.05, 3.63) is 41.0 Å². The van der Waals surface area contributed by atoms with Crippen LogP contribution in [0.25, 0.3) is 0 Å². The third-order valence-electron chi connectivity index (χ3n) is 3.98. The Morgan fingerprint density at radius 3 is 3.11 bits per heavy atom. The van der Waals surface area contributed by atoms with Crippen molar-refractivity contribution in [1.82, 2.24) is 14.8 Å². The quantitative estimate of drug-likeness (QED) is 0.915. The van der Waals surface area contributed by atoms with Crippen LogP contribution in [0, 0.1) is 6.92 Å². The number of ketones is 1. The van der Waals surface area contributed by atoms with Crippen molar-refractivity contribution >= 4 is 5.78 Å². The minimum atomic E-state index is 0.311. The SMILES string of the molecule is Cc1[nH]ncc1CCCn1ccc2c1CCCC2=O. The maximum Gasteiger partial charge on any atom is 0.164 e. The summed E-state index contributed by atoms with van der Waals surface area (Å²) in [7, 11) is 0. The van der Waals surface area contributed by atoms with E-state index in [4.69, 9.17) is 0 Å². The van der Waals surface area contributed by atoms with Crippen molar-refractivity contribution in [1.29, 1.82) is 0 Å². The van der Waals surface area contributed by atoms with E-state index in [-0.39, 0.29) is 0 Å². The Hall–Kier alpha value is -1.84. The molecular weight excluding hydrogens is 238 g/mol. The van der Waals surface area contributed by atoms with Crippen LogP contribution in [0.5, 0.6) is 0 Å². The number of rotatable bonds is 4. The second kappa shape index (κ2) is 5.03. The maximum absolute atomic E-state index is 11.8. The van der Waals surface area contributed by atoms with E-state index >= 15 is 0 Å². The van der Waals surface area contributed by atoms with E-state index in [1.54, 1.807) is 0 Å². The molecule has 2 aromatic heterocycles. The predicted octanol–water partition coefficient (Wildman–Crippen LogP) is 2.67. The van der Waals surface area contributed by atoms with Gasteiger partial charge in [-0.3, -0.25) is 9.89 Å². The van der Waals surface area contributed by atoms with Crippen LogP contribution in [0.4, 0.5) is 0 Å². The molecule has 1 aliphatic carbocycles. The van der Waals surface area contributed by atoms with Gasteiger partial charge in [0.05, 0.1) is 6.20 Å². The van der Waals surface area contributed by atoms with E-state index in [1.165, 1.54) is 11.3 Å². The Morgan fingerprint density at radius 2 is 2.32 bits per heavy atom. The Kier molecular flexibility index (Phi) is 3.23. The molecule has 0 bridgehead atoms. The highest BCUT2D eigenvalue weighted by Gasteiger charge is 2.20. The van der Waals surface area contributed by atoms with Gasteiger partial charge >= 0.3 is 0 Å². The number of fused-ring (bicyclic) bond motifs is 1. The number of nitrogens with one attached hydrogen (secondary N) is 1. The van der Waals surface area contributed by atoms with Crippen molar-refractivity contribution in [2.45, 2.75) is 45.6 Å². The van der Waals surface area contributed by atoms with Gasteiger partial charge in [0, 0.05) is 36.1 Å². The van der Waals surface area contributed by atoms with E-state index in [2.05, 4.69) is 27.9 Å². The fourth-order valence-electron chi connectivity index (χ4n) is 2.87. The van der Waals surface area contributed by atoms with Crippen molar-refractivity contribution < 1.29 is 4.79 Å². The summed E-state index contributed by atoms with van der Waals surface area (Å²) in [5.41, 5.74) is 4.63. The average Bonchev–Trinajstić information content (AvgIpc) is 2.98. The lowest BCUT2D eigenvalue weighted by molar-refractivity contribution is 0.0971. The Balaban J connectivity index is 1.65. The van der Waals surface area contributed by atoms with E-state index in [0.29, 0.717) is 12.2 Å². The van der Waals surface area contributed by atoms with E-state index < -0.39 is 0 Å². The van der Waals surface area contributed by atoms with Crippen LogP contribution in [0.1, 0.15) is 46.6 Å². The number of hydrogen-bond acceptors (Lipinski definition) is 2. The Morgan fingerprint density at radius 1 is 1.42 bits per heavy atom. The summed E-state index contributed by atoms with van der Waals surface area (Å²) in [4.78, 5) is 11.8. The maximum atomic E-state index is 11.8. The molecule has 0 atom stereocenters. The van der Waals surface area contributed by atoms with Crippen LogP contribution in [0.3, 0.4) is 0 Å². The molecule has 0 saturated heterocycles. The summed E-state index contributed by atoms with van der Waals surface area (Å²) in [6, 6.07) is 1.99. The fourth-order valence-corrected chi connectivity index (χ4v) is 2.87. The normalized spacial score (nSPS) is 14.7. The molecule has 1 N–H and O–H groups in total. The predicted molar refractivity (Wildman–Crippen MR) is 73.3 cm³/mol. The summed E-state index contributed by atoms with van der Waals surface area (Å²) in [5.74, 6) is 0.311. The second-order valence-corrected chi connectivity index (χ2v) is 5.27. The molecule has 19 heavy (non-hydrogen) atoms. The number of aromatic nitrogens is 3. The van der Waals surface area contributed by atoms with Crippen LogP contribution < -0.4 is 0 Å². The first-order valence-corrected chi connectivity index (χ1v) is 6.96. The molecule has 3 rings (SSSR count). The van der Waals surface area contributed by atoms with Crippen molar-refractivity contribution in [3.63, 3.8) is 0 Å². The first-order valence-electron chi connectivity index (χ1n) is 6.96. The van der Waals surface area contributed by atoms with E-state index in [1.807, 2.05) is 12.3 Å². The molecule has 0 saturated carbocycles. The lowest BCUT2D eigenvalue weighted by Crippen LogP contribution is -2.13. The molecule has 4 nitrogen and oxygen atoms in total. The molecule has 0 unspecified atom stereocenters. The zero-order chi connectivity index (χ0) is 13.2. The third kappa shape index (κ3) is 2.35. The summed E-state index contributed by atoms with van der Waals surface area (Å²) < 4.78 is 2.25. The zero-order valence-corrected chi connectivity index (χ0v) is 11.3. The topological polar surface area (TPSA) is 50.7 Å². The molecule has 0 aliphatic heterocycles. The van der Waals surface area contributed by atoms with Gasteiger partial charge in [-0.25, -0.2) is 0 Å². The zero-order valence-electron chi connectivity index (χ0n) is 11.3. The van der Waals surface area contributed by atoms with Crippen LogP contribution in [0.15, 0.2) is 18.5 Å². The third-order valence-corrected chi connectivity index (χ3v) is 3.98. The molecular formula is C15H19N3O. The Bertz CT molecular complexity index is 594. The monoisotopic (exact) mass is 257 g/mol. The van der Waals surface area contributed by atoms with Crippen LogP contribution in [-0.2, 0) is 19.4 Å². The highest BCUT2D eigenvalue weighted by atomic mass is 16.1. The van der Waals surface area contributed by atoms with E-state index in [0.717, 1.165) is 43.5 Å². The number of carbonyl (C=O) groups excluding carboxylic acids is 1. The second-order valence-electron chi connectivity index (χ2n) is 5.27. The molecule has 1 aliphatic rings. The molecule has 2 heterocycles. The summed E-state index contributed by atoms with van der Waals surface area (Å²) in [5, 5.41) is 7.01. The van der Waals surface area contributed by atoms with Gasteiger partial charge < -0.3 is 4.57 Å². The van der Waals surface area contributed by atoms with Crippen molar-refractivity contribution in [2.75, 3.05) is 0 Å². The highest BCUT2D eigenvalue weighted by Crippen LogP contribution is 2.22. The van der Waals surface area contributed by atoms with Crippen LogP contribution >= 0.6 is 0 Å². The molecule has 0 fully saturated rings. The molecule has 0 spiro atoms. The van der Waals surface area contributed by atoms with Gasteiger partial charge in [-0.15, -0.1) is 0 Å². The standard InChI is InChI=1S/C15H19N3O/c1-11-12(10-16-17-11)4-3-8-18-9-7-13-14(18)5-2-6-15(13)19/h7,9-10H,2-6,8H2,1H3,(H,16,17). The van der Waals surface area contributed by atoms with Crippen LogP contribution in [0.2, 0.25) is 0 Å². The van der Waals surface area contributed by atoms with Crippen molar-refractivity contribution in [3.8, 4) is 0 Å². The van der Waals surface area contributed by atoms with Gasteiger partial charge in [-0.05, 0) is 44.2 Å². The van der Waals surface area contributed by atoms with Gasteiger partial charge in [-0.2, -0.15) is 5.10 Å². The molecule has 0 radical (unpaired) electrons. The lowest BCUT2D eigenvalue weighted by atomic mass is 9.97. The van der Waals surface area contributed by atoms with Gasteiger partial charge in [0.15, 0.2) is 5.78 Å². The van der Waals surface area contributed by atoms with Crippen molar-refractivity contribution in [2.24, 2.45) is 0 Å². The number of hydrogen-bond donors (Lipinski definition) is 1. The molecule has 0 amide bonds. The first-order chi connectivity index (χ1) is 9.25. The number of H-pyrrole nitrogens is 1. The van der Waals surface area contributed by atoms with Gasteiger partial charge in [0.2, 0.25) is 0 Å². The number of aromatic amines is 1. The molecule has 100 valence electrons. The minimum absolute atomic E-state index is 0.311. The number of carbonyl (C=O) groups is 1. The number of aryl methyl sites for hydroxylation is 3. The first kappa shape index (κ1) is 12.2. The summed E-state index contributed by atoms with van der Waals surface area (Å²) in [6.45, 7) is 3.03. The van der Waals surface area contributed by atoms with E-state index in [9.17, 15) is 4.79 Å². The molecule has 2 aromatic rings. The molecule has 4 heteroatoms. The average molecular weight is 257 g/mol. The minimum Gasteiger partial charge on any atom is -0.351 e. The van der Waals surface area contributed by atoms with Gasteiger partial charge in [-0.1, -0.05) is 0 Å². The largest absolute Gasteiger partial charge is 0.351 e. The number of Topliss-reactive ketones (excluding diaryl/α,β-unsaturated/α-hetero) is 1. The van der Waals surface area contributed by atoms with Gasteiger partial charge in [0.1, 0.15) is 0 Å². The highest BCUT2D eigenvalue weighted by molar-refractivity contribution is 5.98. The van der Waals surface area contributed by atoms with Crippen LogP contribution in [-0.4, -0.2) is 20.5 Å². The number of nitrogens with zero attached hydrogens (tertiary/aromatic N) is 2. The smallest absolute Gasteiger partial charge is 0.164 e. The summed E-state index contributed by atoms with van der Waals surface area (Å²) in [6.07, 6.45) is 8.83.